The number of rotatable bonds is 7. The van der Waals surface area contributed by atoms with Crippen LogP contribution in [-0.4, -0.2) is 35.1 Å². The van der Waals surface area contributed by atoms with E-state index in [1.54, 1.807) is 29.2 Å². The Bertz CT molecular complexity index is 1320. The molecule has 3 amide bonds. The predicted molar refractivity (Wildman–Crippen MR) is 135 cm³/mol. The second-order valence-corrected chi connectivity index (χ2v) is 8.58. The van der Waals surface area contributed by atoms with Gasteiger partial charge in [0.1, 0.15) is 11.6 Å². The molecule has 0 atom stereocenters. The van der Waals surface area contributed by atoms with Crippen LogP contribution >= 0.6 is 0 Å². The Morgan fingerprint density at radius 3 is 2.69 bits per heavy atom. The zero-order chi connectivity index (χ0) is 24.5. The minimum Gasteiger partial charge on any atom is -0.497 e. The van der Waals surface area contributed by atoms with E-state index in [-0.39, 0.29) is 18.0 Å². The molecule has 0 radical (unpaired) electrons. The average molecular weight is 471 g/mol. The molecule has 1 aromatic heterocycles. The number of benzene rings is 2. The van der Waals surface area contributed by atoms with E-state index in [2.05, 4.69) is 22.2 Å². The summed E-state index contributed by atoms with van der Waals surface area (Å²) >= 11 is 0. The van der Waals surface area contributed by atoms with Crippen LogP contribution < -0.4 is 25.2 Å². The molecule has 1 aliphatic heterocycles. The van der Waals surface area contributed by atoms with Crippen LogP contribution in [0, 0.1) is 6.92 Å². The lowest BCUT2D eigenvalue weighted by molar-refractivity contribution is -0.111. The van der Waals surface area contributed by atoms with Crippen LogP contribution in [-0.2, 0) is 11.3 Å². The molecule has 1 saturated carbocycles. The number of methoxy groups -OCH3 is 1. The number of carbonyl (C=O) groups is 2. The number of hydrogen-bond donors (Lipinski definition) is 2. The maximum absolute atomic E-state index is 13.6. The number of aryl methyl sites for hydroxylation is 1. The van der Waals surface area contributed by atoms with Gasteiger partial charge in [-0.3, -0.25) is 14.6 Å². The number of fused-ring (bicyclic) bond motifs is 1. The zero-order valence-corrected chi connectivity index (χ0v) is 19.6. The van der Waals surface area contributed by atoms with Gasteiger partial charge in [-0.2, -0.15) is 4.98 Å². The Morgan fingerprint density at radius 1 is 1.20 bits per heavy atom. The van der Waals surface area contributed by atoms with E-state index in [9.17, 15) is 9.59 Å². The van der Waals surface area contributed by atoms with Crippen molar-refractivity contribution in [3.63, 3.8) is 0 Å². The lowest BCUT2D eigenvalue weighted by atomic mass is 10.1. The molecule has 35 heavy (non-hydrogen) atoms. The number of nitrogens with one attached hydrogen (secondary N) is 2. The van der Waals surface area contributed by atoms with E-state index in [1.807, 2.05) is 43.3 Å². The first-order chi connectivity index (χ1) is 17.0. The highest BCUT2D eigenvalue weighted by Crippen LogP contribution is 2.39. The monoisotopic (exact) mass is 470 g/mol. The first-order valence-corrected chi connectivity index (χ1v) is 11.4. The second kappa shape index (κ2) is 9.09. The van der Waals surface area contributed by atoms with Crippen molar-refractivity contribution >= 4 is 40.8 Å². The van der Waals surface area contributed by atoms with Crippen molar-refractivity contribution < 1.29 is 14.3 Å². The normalized spacial score (nSPS) is 14.9. The third-order valence-electron chi connectivity index (χ3n) is 5.95. The summed E-state index contributed by atoms with van der Waals surface area (Å²) in [5.41, 5.74) is 3.85. The topological polar surface area (TPSA) is 99.7 Å². The standard InChI is InChI=1S/C26H26N6O3/c1-4-23(33)28-21-7-5-6-8-22(21)29-25-27-14-17-15-31(19-11-16(2)12-20(13-19)35-3)26(34)32(18-9-10-18)24(17)30-25/h4-8,11-14,18H,1,9-10,15H2,2-3H3,(H,28,33)(H,27,29,30). The lowest BCUT2D eigenvalue weighted by Crippen LogP contribution is -2.49. The van der Waals surface area contributed by atoms with Crippen LogP contribution in [0.4, 0.5) is 33.6 Å². The van der Waals surface area contributed by atoms with E-state index < -0.39 is 0 Å². The number of aromatic nitrogens is 2. The molecule has 2 aliphatic rings. The number of hydrogen-bond acceptors (Lipinski definition) is 6. The van der Waals surface area contributed by atoms with Gasteiger partial charge in [0.15, 0.2) is 0 Å². The fourth-order valence-electron chi connectivity index (χ4n) is 4.11. The largest absolute Gasteiger partial charge is 0.497 e. The Hall–Kier alpha value is -4.40. The number of amides is 3. The van der Waals surface area contributed by atoms with Crippen molar-refractivity contribution in [1.82, 2.24) is 9.97 Å². The molecule has 2 aromatic carbocycles. The van der Waals surface area contributed by atoms with Crippen molar-refractivity contribution in [2.24, 2.45) is 0 Å². The molecule has 0 unspecified atom stereocenters. The highest BCUT2D eigenvalue weighted by molar-refractivity contribution is 6.06. The van der Waals surface area contributed by atoms with Gasteiger partial charge in [-0.15, -0.1) is 0 Å². The molecule has 2 heterocycles. The van der Waals surface area contributed by atoms with Gasteiger partial charge in [-0.05, 0) is 55.7 Å². The summed E-state index contributed by atoms with van der Waals surface area (Å²) < 4.78 is 5.41. The van der Waals surface area contributed by atoms with Gasteiger partial charge in [0.25, 0.3) is 0 Å². The smallest absolute Gasteiger partial charge is 0.330 e. The minimum atomic E-state index is -0.316. The summed E-state index contributed by atoms with van der Waals surface area (Å²) in [6.07, 6.45) is 4.82. The Morgan fingerprint density at radius 2 is 1.97 bits per heavy atom. The molecule has 0 bridgehead atoms. The summed E-state index contributed by atoms with van der Waals surface area (Å²) in [6.45, 7) is 5.83. The summed E-state index contributed by atoms with van der Waals surface area (Å²) in [7, 11) is 1.62. The van der Waals surface area contributed by atoms with Crippen molar-refractivity contribution in [2.45, 2.75) is 32.4 Å². The highest BCUT2D eigenvalue weighted by atomic mass is 16.5. The van der Waals surface area contributed by atoms with Crippen LogP contribution in [0.25, 0.3) is 0 Å². The second-order valence-electron chi connectivity index (χ2n) is 8.58. The quantitative estimate of drug-likeness (QED) is 0.483. The Kier molecular flexibility index (Phi) is 5.82. The SMILES string of the molecule is C=CC(=O)Nc1ccccc1Nc1ncc2c(n1)N(C1CC1)C(=O)N(c1cc(C)cc(OC)c1)C2. The maximum atomic E-state index is 13.6. The van der Waals surface area contributed by atoms with Gasteiger partial charge < -0.3 is 15.4 Å². The van der Waals surface area contributed by atoms with E-state index >= 15 is 0 Å². The van der Waals surface area contributed by atoms with Crippen molar-refractivity contribution in [3.05, 3.63) is 72.4 Å². The van der Waals surface area contributed by atoms with Crippen LogP contribution in [0.5, 0.6) is 5.75 Å². The molecule has 0 saturated heterocycles. The van der Waals surface area contributed by atoms with Crippen molar-refractivity contribution in [3.8, 4) is 5.75 Å². The number of urea groups is 1. The number of nitrogens with zero attached hydrogens (tertiary/aromatic N) is 4. The Labute approximate surface area is 203 Å². The Balaban J connectivity index is 1.48. The van der Waals surface area contributed by atoms with Gasteiger partial charge in [0.05, 0.1) is 25.0 Å². The molecular formula is C26H26N6O3. The number of carbonyl (C=O) groups excluding carboxylic acids is 2. The summed E-state index contributed by atoms with van der Waals surface area (Å²) in [6, 6.07) is 13.0. The molecule has 1 aliphatic carbocycles. The molecule has 178 valence electrons. The number of ether oxygens (including phenoxy) is 1. The van der Waals surface area contributed by atoms with E-state index in [4.69, 9.17) is 9.72 Å². The first-order valence-electron chi connectivity index (χ1n) is 11.4. The van der Waals surface area contributed by atoms with Gasteiger partial charge in [0, 0.05) is 29.6 Å². The molecule has 1 fully saturated rings. The maximum Gasteiger partial charge on any atom is 0.330 e. The fourth-order valence-corrected chi connectivity index (χ4v) is 4.11. The predicted octanol–water partition coefficient (Wildman–Crippen LogP) is 4.77. The van der Waals surface area contributed by atoms with Crippen molar-refractivity contribution in [1.29, 1.82) is 0 Å². The van der Waals surface area contributed by atoms with Gasteiger partial charge in [-0.1, -0.05) is 18.7 Å². The summed E-state index contributed by atoms with van der Waals surface area (Å²) in [5.74, 6) is 1.34. The molecular weight excluding hydrogens is 444 g/mol. The third kappa shape index (κ3) is 4.52. The zero-order valence-electron chi connectivity index (χ0n) is 19.6. The van der Waals surface area contributed by atoms with Gasteiger partial charge in [0.2, 0.25) is 11.9 Å². The summed E-state index contributed by atoms with van der Waals surface area (Å²) in [5, 5.41) is 5.94. The molecule has 9 heteroatoms. The molecule has 3 aromatic rings. The fraction of sp³-hybridized carbons (Fsp3) is 0.231. The third-order valence-corrected chi connectivity index (χ3v) is 5.95. The van der Waals surface area contributed by atoms with E-state index in [0.717, 1.165) is 29.7 Å². The van der Waals surface area contributed by atoms with Crippen LogP contribution in [0.1, 0.15) is 24.0 Å². The molecule has 2 N–H and O–H groups in total. The highest BCUT2D eigenvalue weighted by Gasteiger charge is 2.42. The van der Waals surface area contributed by atoms with Crippen LogP contribution in [0.3, 0.4) is 0 Å². The minimum absolute atomic E-state index is 0.109. The van der Waals surface area contributed by atoms with Gasteiger partial charge >= 0.3 is 6.03 Å². The van der Waals surface area contributed by atoms with Crippen LogP contribution in [0.2, 0.25) is 0 Å². The lowest BCUT2D eigenvalue weighted by Gasteiger charge is -2.36. The van der Waals surface area contributed by atoms with Crippen LogP contribution in [0.15, 0.2) is 61.3 Å². The average Bonchev–Trinajstić information content (AvgIpc) is 3.69. The van der Waals surface area contributed by atoms with Gasteiger partial charge in [-0.25, -0.2) is 9.78 Å². The number of para-hydroxylation sites is 2. The van der Waals surface area contributed by atoms with E-state index in [0.29, 0.717) is 35.4 Å². The molecule has 0 spiro atoms. The van der Waals surface area contributed by atoms with E-state index in [1.165, 1.54) is 6.08 Å². The number of anilines is 5. The molecule has 9 nitrogen and oxygen atoms in total. The molecule has 5 rings (SSSR count). The summed E-state index contributed by atoms with van der Waals surface area (Å²) in [4.78, 5) is 38.2. The van der Waals surface area contributed by atoms with Crippen molar-refractivity contribution in [2.75, 3.05) is 27.5 Å². The first kappa shape index (κ1) is 22.4.